The predicted octanol–water partition coefficient (Wildman–Crippen LogP) is 5.39. The maximum absolute atomic E-state index is 12.7. The molecular weight excluding hydrogens is 350 g/mol. The van der Waals surface area contributed by atoms with Crippen LogP contribution in [0.3, 0.4) is 0 Å². The fourth-order valence-corrected chi connectivity index (χ4v) is 2.13. The first-order valence-corrected chi connectivity index (χ1v) is 6.56. The number of nitrogen functional groups attached to an aromatic ring is 1. The molecule has 0 aliphatic rings. The molecule has 0 amide bonds. The number of rotatable bonds is 2. The Morgan fingerprint density at radius 2 is 1.57 bits per heavy atom. The molecule has 3 N–H and O–H groups in total. The maximum atomic E-state index is 12.7. The zero-order chi connectivity index (χ0) is 15.8. The van der Waals surface area contributed by atoms with Crippen LogP contribution in [0.2, 0.25) is 15.1 Å². The van der Waals surface area contributed by atoms with Gasteiger partial charge in [-0.05, 0) is 24.3 Å². The number of nitrogens with one attached hydrogen (secondary N) is 1. The number of alkyl halides is 3. The average molecular weight is 357 g/mol. The lowest BCUT2D eigenvalue weighted by Crippen LogP contribution is -2.08. The molecule has 0 fully saturated rings. The number of pyridine rings is 1. The molecule has 9 heteroatoms. The smallest absolute Gasteiger partial charge is 0.384 e. The van der Waals surface area contributed by atoms with Gasteiger partial charge in [-0.1, -0.05) is 34.8 Å². The monoisotopic (exact) mass is 355 g/mol. The number of nitrogens with two attached hydrogens (primary N) is 1. The predicted molar refractivity (Wildman–Crippen MR) is 78.4 cm³/mol. The van der Waals surface area contributed by atoms with Gasteiger partial charge in [-0.25, -0.2) is 4.98 Å². The summed E-state index contributed by atoms with van der Waals surface area (Å²) in [6.45, 7) is 0. The summed E-state index contributed by atoms with van der Waals surface area (Å²) < 4.78 is 38.1. The van der Waals surface area contributed by atoms with Crippen LogP contribution in [0.15, 0.2) is 24.3 Å². The molecule has 2 rings (SSSR count). The Morgan fingerprint density at radius 3 is 2.19 bits per heavy atom. The minimum Gasteiger partial charge on any atom is -0.384 e. The van der Waals surface area contributed by atoms with E-state index in [1.165, 1.54) is 12.1 Å². The fourth-order valence-electron chi connectivity index (χ4n) is 1.54. The Bertz CT molecular complexity index is 689. The van der Waals surface area contributed by atoms with E-state index in [4.69, 9.17) is 40.5 Å². The average Bonchev–Trinajstić information content (AvgIpc) is 2.34. The van der Waals surface area contributed by atoms with Crippen LogP contribution < -0.4 is 11.1 Å². The molecule has 0 spiro atoms. The summed E-state index contributed by atoms with van der Waals surface area (Å²) in [6.07, 6.45) is -4.53. The third kappa shape index (κ3) is 3.84. The molecule has 1 aromatic heterocycles. The minimum atomic E-state index is -4.53. The summed E-state index contributed by atoms with van der Waals surface area (Å²) in [7, 11) is 0. The van der Waals surface area contributed by atoms with Crippen LogP contribution in [-0.2, 0) is 6.18 Å². The van der Waals surface area contributed by atoms with Gasteiger partial charge in [-0.2, -0.15) is 13.2 Å². The second kappa shape index (κ2) is 5.79. The third-order valence-electron chi connectivity index (χ3n) is 2.45. The Kier molecular flexibility index (Phi) is 4.41. The summed E-state index contributed by atoms with van der Waals surface area (Å²) in [6, 6.07) is 4.30. The zero-order valence-electron chi connectivity index (χ0n) is 10.1. The van der Waals surface area contributed by atoms with Gasteiger partial charge in [0.05, 0.1) is 26.3 Å². The van der Waals surface area contributed by atoms with Crippen molar-refractivity contribution in [2.75, 3.05) is 11.1 Å². The first-order chi connectivity index (χ1) is 9.66. The van der Waals surface area contributed by atoms with Gasteiger partial charge in [0.15, 0.2) is 0 Å². The highest BCUT2D eigenvalue weighted by atomic mass is 35.5. The maximum Gasteiger partial charge on any atom is 0.416 e. The van der Waals surface area contributed by atoms with Crippen LogP contribution in [0, 0.1) is 0 Å². The molecule has 3 nitrogen and oxygen atoms in total. The van der Waals surface area contributed by atoms with Crippen molar-refractivity contribution in [2.24, 2.45) is 0 Å². The highest BCUT2D eigenvalue weighted by molar-refractivity contribution is 6.44. The number of aromatic nitrogens is 1. The number of hydrogen-bond acceptors (Lipinski definition) is 3. The second-order valence-corrected chi connectivity index (χ2v) is 5.26. The van der Waals surface area contributed by atoms with E-state index in [0.29, 0.717) is 0 Å². The Labute approximate surface area is 132 Å². The molecule has 0 saturated carbocycles. The number of benzene rings is 1. The first-order valence-electron chi connectivity index (χ1n) is 5.43. The molecule has 0 atom stereocenters. The Balaban J connectivity index is 2.40. The van der Waals surface area contributed by atoms with Crippen molar-refractivity contribution in [3.05, 3.63) is 44.9 Å². The van der Waals surface area contributed by atoms with E-state index in [0.717, 1.165) is 12.1 Å². The van der Waals surface area contributed by atoms with Crippen LogP contribution in [0.4, 0.5) is 30.5 Å². The van der Waals surface area contributed by atoms with E-state index in [9.17, 15) is 13.2 Å². The second-order valence-electron chi connectivity index (χ2n) is 4.03. The van der Waals surface area contributed by atoms with Crippen molar-refractivity contribution in [2.45, 2.75) is 6.18 Å². The summed E-state index contributed by atoms with van der Waals surface area (Å²) in [5, 5.41) is 3.23. The number of anilines is 3. The van der Waals surface area contributed by atoms with Gasteiger partial charge in [0.2, 0.25) is 0 Å². The van der Waals surface area contributed by atoms with Crippen molar-refractivity contribution in [3.63, 3.8) is 0 Å². The van der Waals surface area contributed by atoms with Crippen molar-refractivity contribution in [3.8, 4) is 0 Å². The highest BCUT2D eigenvalue weighted by Gasteiger charge is 2.31. The lowest BCUT2D eigenvalue weighted by molar-refractivity contribution is -0.137. The van der Waals surface area contributed by atoms with E-state index in [1.807, 2.05) is 0 Å². The van der Waals surface area contributed by atoms with Crippen molar-refractivity contribution >= 4 is 52.1 Å². The van der Waals surface area contributed by atoms with Gasteiger partial charge in [-0.3, -0.25) is 0 Å². The van der Waals surface area contributed by atoms with E-state index in [1.54, 1.807) is 0 Å². The van der Waals surface area contributed by atoms with Gasteiger partial charge in [-0.15, -0.1) is 0 Å². The fraction of sp³-hybridized carbons (Fsp3) is 0.0833. The molecule has 0 aliphatic carbocycles. The standard InChI is InChI=1S/C12H7Cl3F3N3/c13-6-3-8(15)9(4-7(6)14)20-11-2-5(12(16,17)18)1-10(19)21-11/h1-4H,(H3,19,20,21). The molecule has 0 radical (unpaired) electrons. The van der Waals surface area contributed by atoms with Crippen molar-refractivity contribution in [1.82, 2.24) is 4.98 Å². The van der Waals surface area contributed by atoms with E-state index in [2.05, 4.69) is 10.3 Å². The third-order valence-corrected chi connectivity index (χ3v) is 3.48. The molecule has 1 heterocycles. The minimum absolute atomic E-state index is 0.109. The van der Waals surface area contributed by atoms with Gasteiger partial charge in [0, 0.05) is 0 Å². The summed E-state index contributed by atoms with van der Waals surface area (Å²) in [5.41, 5.74) is 4.71. The highest BCUT2D eigenvalue weighted by Crippen LogP contribution is 2.35. The molecule has 0 bridgehead atoms. The van der Waals surface area contributed by atoms with Crippen LogP contribution in [-0.4, -0.2) is 4.98 Å². The van der Waals surface area contributed by atoms with Crippen molar-refractivity contribution < 1.29 is 13.2 Å². The Hall–Kier alpha value is -1.37. The molecule has 21 heavy (non-hydrogen) atoms. The van der Waals surface area contributed by atoms with Gasteiger partial charge in [0.25, 0.3) is 0 Å². The molecule has 2 aromatic rings. The van der Waals surface area contributed by atoms with Crippen LogP contribution in [0.5, 0.6) is 0 Å². The van der Waals surface area contributed by atoms with Gasteiger partial charge in [0.1, 0.15) is 11.6 Å². The summed E-state index contributed by atoms with van der Waals surface area (Å²) >= 11 is 17.5. The van der Waals surface area contributed by atoms with E-state index >= 15 is 0 Å². The van der Waals surface area contributed by atoms with Crippen molar-refractivity contribution in [1.29, 1.82) is 0 Å². The lowest BCUT2D eigenvalue weighted by Gasteiger charge is -2.12. The SMILES string of the molecule is Nc1cc(C(F)(F)F)cc(Nc2cc(Cl)c(Cl)cc2Cl)n1. The molecule has 0 unspecified atom stereocenters. The topological polar surface area (TPSA) is 50.9 Å². The Morgan fingerprint density at radius 1 is 0.952 bits per heavy atom. The molecule has 0 saturated heterocycles. The lowest BCUT2D eigenvalue weighted by atomic mass is 10.2. The van der Waals surface area contributed by atoms with Crippen LogP contribution >= 0.6 is 34.8 Å². The molecule has 0 aliphatic heterocycles. The number of nitrogens with zero attached hydrogens (tertiary/aromatic N) is 1. The summed E-state index contributed by atoms with van der Waals surface area (Å²) in [4.78, 5) is 3.77. The normalized spacial score (nSPS) is 11.5. The van der Waals surface area contributed by atoms with E-state index < -0.39 is 11.7 Å². The molecular formula is C12H7Cl3F3N3. The first kappa shape index (κ1) is 16.0. The molecule has 1 aromatic carbocycles. The van der Waals surface area contributed by atoms with E-state index in [-0.39, 0.29) is 32.4 Å². The number of halogens is 6. The number of hydrogen-bond donors (Lipinski definition) is 2. The van der Waals surface area contributed by atoms with Gasteiger partial charge >= 0.3 is 6.18 Å². The van der Waals surface area contributed by atoms with Crippen LogP contribution in [0.1, 0.15) is 5.56 Å². The van der Waals surface area contributed by atoms with Gasteiger partial charge < -0.3 is 11.1 Å². The zero-order valence-corrected chi connectivity index (χ0v) is 12.4. The summed E-state index contributed by atoms with van der Waals surface area (Å²) in [5.74, 6) is -0.383. The largest absolute Gasteiger partial charge is 0.416 e. The molecule has 112 valence electrons. The quantitative estimate of drug-likeness (QED) is 0.710. The van der Waals surface area contributed by atoms with Crippen LogP contribution in [0.25, 0.3) is 0 Å².